The molecule has 0 aliphatic heterocycles. The van der Waals surface area contributed by atoms with Crippen molar-refractivity contribution in [3.05, 3.63) is 29.6 Å². The minimum atomic E-state index is -3.73. The van der Waals surface area contributed by atoms with E-state index < -0.39 is 15.8 Å². The first-order valence-electron chi connectivity index (χ1n) is 6.24. The maximum atomic E-state index is 13.4. The molecule has 0 aliphatic rings. The average molecular weight is 325 g/mol. The molecule has 1 aromatic carbocycles. The summed E-state index contributed by atoms with van der Waals surface area (Å²) in [4.78, 5) is -0.0715. The molecule has 1 aromatic rings. The second-order valence-corrected chi connectivity index (χ2v) is 6.81. The second-order valence-electron chi connectivity index (χ2n) is 5.09. The van der Waals surface area contributed by atoms with Gasteiger partial charge in [0.15, 0.2) is 0 Å². The van der Waals surface area contributed by atoms with Crippen molar-refractivity contribution in [2.24, 2.45) is 11.7 Å². The Balaban J connectivity index is 0.00000361. The molecule has 116 valence electrons. The zero-order valence-corrected chi connectivity index (χ0v) is 13.5. The highest BCUT2D eigenvalue weighted by Gasteiger charge is 2.20. The van der Waals surface area contributed by atoms with Crippen molar-refractivity contribution in [1.82, 2.24) is 4.72 Å². The topological polar surface area (TPSA) is 72.2 Å². The standard InChI is InChI=1S/C13H21FN2O2S.ClH/c1-9(2)6-11(8-15)16-19(17,18)12-5-4-10(3)13(14)7-12;/h4-5,7,9,11,16H,6,8,15H2,1-3H3;1H. The Morgan fingerprint density at radius 3 is 2.40 bits per heavy atom. The summed E-state index contributed by atoms with van der Waals surface area (Å²) in [7, 11) is -3.73. The van der Waals surface area contributed by atoms with Crippen LogP contribution in [0.25, 0.3) is 0 Å². The maximum Gasteiger partial charge on any atom is 0.240 e. The molecule has 0 aromatic heterocycles. The van der Waals surface area contributed by atoms with Gasteiger partial charge in [0.1, 0.15) is 5.82 Å². The number of benzene rings is 1. The number of nitrogens with one attached hydrogen (secondary N) is 1. The lowest BCUT2D eigenvalue weighted by Crippen LogP contribution is -2.41. The van der Waals surface area contributed by atoms with Crippen LogP contribution in [0.4, 0.5) is 4.39 Å². The van der Waals surface area contributed by atoms with Crippen LogP contribution in [0.3, 0.4) is 0 Å². The van der Waals surface area contributed by atoms with E-state index in [1.807, 2.05) is 13.8 Å². The first-order chi connectivity index (χ1) is 8.76. The van der Waals surface area contributed by atoms with E-state index >= 15 is 0 Å². The fourth-order valence-electron chi connectivity index (χ4n) is 1.79. The summed E-state index contributed by atoms with van der Waals surface area (Å²) in [6.45, 7) is 5.78. The number of aryl methyl sites for hydroxylation is 1. The first-order valence-corrected chi connectivity index (χ1v) is 7.73. The summed E-state index contributed by atoms with van der Waals surface area (Å²) in [6, 6.07) is 3.53. The smallest absolute Gasteiger partial charge is 0.240 e. The SMILES string of the molecule is Cc1ccc(S(=O)(=O)NC(CN)CC(C)C)cc1F.Cl. The molecule has 0 fully saturated rings. The van der Waals surface area contributed by atoms with Gasteiger partial charge in [-0.15, -0.1) is 12.4 Å². The molecule has 20 heavy (non-hydrogen) atoms. The zero-order valence-electron chi connectivity index (χ0n) is 11.9. The molecular formula is C13H22ClFN2O2S. The van der Waals surface area contributed by atoms with Gasteiger partial charge >= 0.3 is 0 Å². The number of hydrogen-bond donors (Lipinski definition) is 2. The Bertz CT molecular complexity index is 535. The van der Waals surface area contributed by atoms with Crippen LogP contribution in [0.1, 0.15) is 25.8 Å². The Morgan fingerprint density at radius 2 is 1.95 bits per heavy atom. The van der Waals surface area contributed by atoms with Crippen molar-refractivity contribution in [1.29, 1.82) is 0 Å². The van der Waals surface area contributed by atoms with Crippen LogP contribution in [-0.2, 0) is 10.0 Å². The fraction of sp³-hybridized carbons (Fsp3) is 0.538. The Hall–Kier alpha value is -0.690. The van der Waals surface area contributed by atoms with E-state index in [9.17, 15) is 12.8 Å². The van der Waals surface area contributed by atoms with Gasteiger partial charge in [-0.2, -0.15) is 0 Å². The van der Waals surface area contributed by atoms with Gasteiger partial charge in [0, 0.05) is 12.6 Å². The molecule has 1 rings (SSSR count). The summed E-state index contributed by atoms with van der Waals surface area (Å²) in [5.74, 6) is -0.206. The number of rotatable bonds is 6. The summed E-state index contributed by atoms with van der Waals surface area (Å²) in [5, 5.41) is 0. The van der Waals surface area contributed by atoms with Crippen molar-refractivity contribution in [2.75, 3.05) is 6.54 Å². The predicted octanol–water partition coefficient (Wildman–Crippen LogP) is 2.21. The van der Waals surface area contributed by atoms with Gasteiger partial charge in [-0.25, -0.2) is 17.5 Å². The Morgan fingerprint density at radius 1 is 1.35 bits per heavy atom. The minimum Gasteiger partial charge on any atom is -0.329 e. The van der Waals surface area contributed by atoms with E-state index in [0.29, 0.717) is 17.9 Å². The zero-order chi connectivity index (χ0) is 14.6. The van der Waals surface area contributed by atoms with Crippen molar-refractivity contribution in [3.8, 4) is 0 Å². The number of sulfonamides is 1. The number of nitrogens with two attached hydrogens (primary N) is 1. The molecule has 1 atom stereocenters. The molecule has 0 bridgehead atoms. The largest absolute Gasteiger partial charge is 0.329 e. The van der Waals surface area contributed by atoms with Crippen LogP contribution in [0, 0.1) is 18.7 Å². The van der Waals surface area contributed by atoms with E-state index in [2.05, 4.69) is 4.72 Å². The predicted molar refractivity (Wildman–Crippen MR) is 81.0 cm³/mol. The lowest BCUT2D eigenvalue weighted by atomic mass is 10.1. The van der Waals surface area contributed by atoms with Gasteiger partial charge in [-0.1, -0.05) is 19.9 Å². The fourth-order valence-corrected chi connectivity index (χ4v) is 3.06. The van der Waals surface area contributed by atoms with Gasteiger partial charge in [0.2, 0.25) is 10.0 Å². The van der Waals surface area contributed by atoms with E-state index in [0.717, 1.165) is 6.07 Å². The molecule has 0 radical (unpaired) electrons. The third-order valence-corrected chi connectivity index (χ3v) is 4.33. The van der Waals surface area contributed by atoms with E-state index in [4.69, 9.17) is 5.73 Å². The summed E-state index contributed by atoms with van der Waals surface area (Å²) >= 11 is 0. The molecule has 0 aliphatic carbocycles. The Kier molecular flexibility index (Phi) is 7.65. The van der Waals surface area contributed by atoms with E-state index in [-0.39, 0.29) is 29.9 Å². The minimum absolute atomic E-state index is 0. The van der Waals surface area contributed by atoms with E-state index in [1.165, 1.54) is 12.1 Å². The van der Waals surface area contributed by atoms with Gasteiger partial charge in [0.05, 0.1) is 4.90 Å². The van der Waals surface area contributed by atoms with Crippen molar-refractivity contribution in [2.45, 2.75) is 38.1 Å². The number of halogens is 2. The molecule has 0 saturated heterocycles. The maximum absolute atomic E-state index is 13.4. The van der Waals surface area contributed by atoms with Crippen molar-refractivity contribution < 1.29 is 12.8 Å². The van der Waals surface area contributed by atoms with Crippen LogP contribution < -0.4 is 10.5 Å². The second kappa shape index (κ2) is 7.93. The van der Waals surface area contributed by atoms with Gasteiger partial charge < -0.3 is 5.73 Å². The van der Waals surface area contributed by atoms with Crippen LogP contribution in [0.15, 0.2) is 23.1 Å². The van der Waals surface area contributed by atoms with Crippen LogP contribution in [0.5, 0.6) is 0 Å². The molecule has 4 nitrogen and oxygen atoms in total. The molecule has 0 saturated carbocycles. The monoisotopic (exact) mass is 324 g/mol. The molecular weight excluding hydrogens is 303 g/mol. The molecule has 0 heterocycles. The molecule has 0 spiro atoms. The summed E-state index contributed by atoms with van der Waals surface area (Å²) in [5.41, 5.74) is 5.97. The molecule has 0 amide bonds. The lowest BCUT2D eigenvalue weighted by Gasteiger charge is -2.19. The van der Waals surface area contributed by atoms with Gasteiger partial charge in [0.25, 0.3) is 0 Å². The van der Waals surface area contributed by atoms with E-state index in [1.54, 1.807) is 6.92 Å². The van der Waals surface area contributed by atoms with Gasteiger partial charge in [-0.3, -0.25) is 0 Å². The highest BCUT2D eigenvalue weighted by molar-refractivity contribution is 7.89. The summed E-state index contributed by atoms with van der Waals surface area (Å²) < 4.78 is 40.2. The molecule has 7 heteroatoms. The first kappa shape index (κ1) is 19.3. The normalized spacial score (nSPS) is 13.1. The third-order valence-electron chi connectivity index (χ3n) is 2.82. The average Bonchev–Trinajstić information content (AvgIpc) is 2.30. The highest BCUT2D eigenvalue weighted by atomic mass is 35.5. The van der Waals surface area contributed by atoms with Crippen LogP contribution in [0.2, 0.25) is 0 Å². The van der Waals surface area contributed by atoms with Crippen LogP contribution in [-0.4, -0.2) is 21.0 Å². The number of hydrogen-bond acceptors (Lipinski definition) is 3. The van der Waals surface area contributed by atoms with Gasteiger partial charge in [-0.05, 0) is 37.0 Å². The lowest BCUT2D eigenvalue weighted by molar-refractivity contribution is 0.465. The molecule has 1 unspecified atom stereocenters. The highest BCUT2D eigenvalue weighted by Crippen LogP contribution is 2.15. The van der Waals surface area contributed by atoms with Crippen molar-refractivity contribution in [3.63, 3.8) is 0 Å². The van der Waals surface area contributed by atoms with Crippen LogP contribution >= 0.6 is 12.4 Å². The third kappa shape index (κ3) is 5.36. The Labute approximate surface area is 126 Å². The van der Waals surface area contributed by atoms with Crippen molar-refractivity contribution >= 4 is 22.4 Å². The summed E-state index contributed by atoms with van der Waals surface area (Å²) in [6.07, 6.45) is 0.643. The quantitative estimate of drug-likeness (QED) is 0.842. The molecule has 3 N–H and O–H groups in total.